The molecule has 7 nitrogen and oxygen atoms in total. The maximum Gasteiger partial charge on any atom is 0.260 e. The molecule has 0 saturated heterocycles. The first-order valence-corrected chi connectivity index (χ1v) is 8.76. The van der Waals surface area contributed by atoms with E-state index in [0.29, 0.717) is 23.0 Å². The number of hydrogen-bond donors (Lipinski definition) is 0. The van der Waals surface area contributed by atoms with Crippen LogP contribution in [-0.4, -0.2) is 33.0 Å². The molecule has 1 unspecified atom stereocenters. The number of fused-ring (bicyclic) bond motifs is 1. The van der Waals surface area contributed by atoms with Gasteiger partial charge in [0.1, 0.15) is 11.6 Å². The number of hydrogen-bond acceptors (Lipinski definition) is 6. The summed E-state index contributed by atoms with van der Waals surface area (Å²) in [6.45, 7) is 3.99. The molecule has 1 amide bonds. The van der Waals surface area contributed by atoms with E-state index in [4.69, 9.17) is 4.74 Å². The number of carbonyl (C=O) groups is 1. The van der Waals surface area contributed by atoms with Crippen molar-refractivity contribution in [3.05, 3.63) is 59.5 Å². The second kappa shape index (κ2) is 6.75. The van der Waals surface area contributed by atoms with Gasteiger partial charge in [0.05, 0.1) is 13.2 Å². The standard InChI is InChI=1S/C20H19N5O2/c1-4-15-13-11-16(27-3)12(2)10-14(13)20(26)25(15)17-6-9-23-19(24-17)18-21-7-5-8-22-18/h5-11,15H,4H2,1-3H3. The van der Waals surface area contributed by atoms with Crippen molar-refractivity contribution in [2.45, 2.75) is 26.3 Å². The van der Waals surface area contributed by atoms with Gasteiger partial charge in [0.25, 0.3) is 5.91 Å². The molecule has 136 valence electrons. The highest BCUT2D eigenvalue weighted by molar-refractivity contribution is 6.11. The molecule has 3 heterocycles. The number of anilines is 1. The minimum atomic E-state index is -0.110. The highest BCUT2D eigenvalue weighted by Gasteiger charge is 2.38. The Labute approximate surface area is 157 Å². The van der Waals surface area contributed by atoms with Gasteiger partial charge in [-0.15, -0.1) is 0 Å². The maximum atomic E-state index is 13.2. The van der Waals surface area contributed by atoms with Crippen LogP contribution < -0.4 is 9.64 Å². The van der Waals surface area contributed by atoms with Crippen LogP contribution in [-0.2, 0) is 0 Å². The fourth-order valence-corrected chi connectivity index (χ4v) is 3.47. The van der Waals surface area contributed by atoms with Crippen LogP contribution in [0.3, 0.4) is 0 Å². The molecule has 1 atom stereocenters. The predicted molar refractivity (Wildman–Crippen MR) is 101 cm³/mol. The van der Waals surface area contributed by atoms with Crippen molar-refractivity contribution in [1.82, 2.24) is 19.9 Å². The number of aromatic nitrogens is 4. The molecule has 1 aromatic carbocycles. The van der Waals surface area contributed by atoms with Gasteiger partial charge in [0.2, 0.25) is 0 Å². The van der Waals surface area contributed by atoms with Crippen LogP contribution in [0, 0.1) is 6.92 Å². The van der Waals surface area contributed by atoms with Crippen molar-refractivity contribution in [2.75, 3.05) is 12.0 Å². The van der Waals surface area contributed by atoms with E-state index in [2.05, 4.69) is 26.9 Å². The second-order valence-corrected chi connectivity index (χ2v) is 6.32. The van der Waals surface area contributed by atoms with Crippen molar-refractivity contribution < 1.29 is 9.53 Å². The lowest BCUT2D eigenvalue weighted by Crippen LogP contribution is -2.28. The fraction of sp³-hybridized carbons (Fsp3) is 0.250. The lowest BCUT2D eigenvalue weighted by atomic mass is 10.00. The Hall–Kier alpha value is -3.35. The minimum Gasteiger partial charge on any atom is -0.496 e. The Bertz CT molecular complexity index is 1010. The van der Waals surface area contributed by atoms with E-state index in [1.165, 1.54) is 0 Å². The molecule has 27 heavy (non-hydrogen) atoms. The SMILES string of the molecule is CCC1c2cc(OC)c(C)cc2C(=O)N1c1ccnc(-c2ncccn2)n1. The van der Waals surface area contributed by atoms with E-state index in [0.717, 1.165) is 23.3 Å². The Morgan fingerprint density at radius 3 is 2.56 bits per heavy atom. The summed E-state index contributed by atoms with van der Waals surface area (Å²) in [4.78, 5) is 32.1. The molecule has 7 heteroatoms. The van der Waals surface area contributed by atoms with Crippen LogP contribution in [0.1, 0.15) is 40.9 Å². The Morgan fingerprint density at radius 2 is 1.85 bits per heavy atom. The van der Waals surface area contributed by atoms with Crippen molar-refractivity contribution in [2.24, 2.45) is 0 Å². The van der Waals surface area contributed by atoms with E-state index in [-0.39, 0.29) is 11.9 Å². The summed E-state index contributed by atoms with van der Waals surface area (Å²) in [7, 11) is 1.64. The number of carbonyl (C=O) groups excluding carboxylic acids is 1. The Kier molecular flexibility index (Phi) is 4.27. The van der Waals surface area contributed by atoms with Gasteiger partial charge < -0.3 is 4.74 Å². The maximum absolute atomic E-state index is 13.2. The monoisotopic (exact) mass is 361 g/mol. The molecule has 0 fully saturated rings. The number of nitrogens with zero attached hydrogens (tertiary/aromatic N) is 5. The summed E-state index contributed by atoms with van der Waals surface area (Å²) >= 11 is 0. The predicted octanol–water partition coefficient (Wildman–Crippen LogP) is 3.36. The molecular formula is C20H19N5O2. The van der Waals surface area contributed by atoms with Crippen LogP contribution in [0.15, 0.2) is 42.9 Å². The number of ether oxygens (including phenoxy) is 1. The normalized spacial score (nSPS) is 15.7. The molecule has 2 aromatic heterocycles. The van der Waals surface area contributed by atoms with Crippen LogP contribution in [0.25, 0.3) is 11.6 Å². The summed E-state index contributed by atoms with van der Waals surface area (Å²) in [6, 6.07) is 7.21. The minimum absolute atomic E-state index is 0.0683. The van der Waals surface area contributed by atoms with Crippen molar-refractivity contribution >= 4 is 11.7 Å². The number of methoxy groups -OCH3 is 1. The summed E-state index contributed by atoms with van der Waals surface area (Å²) in [6.07, 6.45) is 5.66. The molecule has 0 N–H and O–H groups in total. The smallest absolute Gasteiger partial charge is 0.260 e. The summed E-state index contributed by atoms with van der Waals surface area (Å²) < 4.78 is 5.44. The van der Waals surface area contributed by atoms with Gasteiger partial charge in [-0.05, 0) is 48.7 Å². The Morgan fingerprint density at radius 1 is 1.11 bits per heavy atom. The van der Waals surface area contributed by atoms with E-state index < -0.39 is 0 Å². The van der Waals surface area contributed by atoms with Gasteiger partial charge in [-0.1, -0.05) is 6.92 Å². The molecule has 0 aliphatic carbocycles. The first-order valence-electron chi connectivity index (χ1n) is 8.76. The second-order valence-electron chi connectivity index (χ2n) is 6.32. The van der Waals surface area contributed by atoms with Crippen LogP contribution in [0.2, 0.25) is 0 Å². The van der Waals surface area contributed by atoms with Gasteiger partial charge in [-0.2, -0.15) is 0 Å². The third-order valence-corrected chi connectivity index (χ3v) is 4.73. The molecule has 0 bridgehead atoms. The number of aryl methyl sites for hydroxylation is 1. The third-order valence-electron chi connectivity index (χ3n) is 4.73. The highest BCUT2D eigenvalue weighted by atomic mass is 16.5. The van der Waals surface area contributed by atoms with E-state index >= 15 is 0 Å². The van der Waals surface area contributed by atoms with Gasteiger partial charge in [0.15, 0.2) is 11.6 Å². The highest BCUT2D eigenvalue weighted by Crippen LogP contribution is 2.41. The van der Waals surface area contributed by atoms with Crippen molar-refractivity contribution in [3.8, 4) is 17.4 Å². The first kappa shape index (κ1) is 17.1. The van der Waals surface area contributed by atoms with Crippen molar-refractivity contribution in [1.29, 1.82) is 0 Å². The molecule has 4 rings (SSSR count). The van der Waals surface area contributed by atoms with Crippen LogP contribution in [0.4, 0.5) is 5.82 Å². The van der Waals surface area contributed by atoms with E-state index in [9.17, 15) is 4.79 Å². The zero-order valence-electron chi connectivity index (χ0n) is 15.4. The van der Waals surface area contributed by atoms with Crippen LogP contribution >= 0.6 is 0 Å². The van der Waals surface area contributed by atoms with Gasteiger partial charge >= 0.3 is 0 Å². The van der Waals surface area contributed by atoms with Gasteiger partial charge in [0, 0.05) is 24.2 Å². The number of rotatable bonds is 4. The first-order chi connectivity index (χ1) is 13.1. The third kappa shape index (κ3) is 2.81. The number of amides is 1. The average molecular weight is 361 g/mol. The zero-order chi connectivity index (χ0) is 19.0. The molecule has 3 aromatic rings. The lowest BCUT2D eigenvalue weighted by Gasteiger charge is -2.23. The lowest BCUT2D eigenvalue weighted by molar-refractivity contribution is 0.0990. The van der Waals surface area contributed by atoms with Crippen molar-refractivity contribution in [3.63, 3.8) is 0 Å². The average Bonchev–Trinajstić information content (AvgIpc) is 2.99. The fourth-order valence-electron chi connectivity index (χ4n) is 3.47. The molecule has 0 radical (unpaired) electrons. The largest absolute Gasteiger partial charge is 0.496 e. The van der Waals surface area contributed by atoms with Gasteiger partial charge in [-0.3, -0.25) is 9.69 Å². The number of benzene rings is 1. The zero-order valence-corrected chi connectivity index (χ0v) is 15.4. The topological polar surface area (TPSA) is 81.1 Å². The summed E-state index contributed by atoms with van der Waals surface area (Å²) in [5.41, 5.74) is 2.58. The molecule has 0 spiro atoms. The van der Waals surface area contributed by atoms with E-state index in [1.54, 1.807) is 42.7 Å². The molecule has 1 aliphatic rings. The van der Waals surface area contributed by atoms with E-state index in [1.807, 2.05) is 19.1 Å². The summed E-state index contributed by atoms with van der Waals surface area (Å²) in [5, 5.41) is 0. The molecule has 0 saturated carbocycles. The van der Waals surface area contributed by atoms with Crippen LogP contribution in [0.5, 0.6) is 5.75 Å². The van der Waals surface area contributed by atoms with Gasteiger partial charge in [-0.25, -0.2) is 19.9 Å². The molecule has 1 aliphatic heterocycles. The summed E-state index contributed by atoms with van der Waals surface area (Å²) in [5.74, 6) is 2.07. The molecular weight excluding hydrogens is 342 g/mol. The quantitative estimate of drug-likeness (QED) is 0.709. The Balaban J connectivity index is 1.79.